The van der Waals surface area contributed by atoms with Crippen LogP contribution in [0, 0.1) is 11.8 Å². The summed E-state index contributed by atoms with van der Waals surface area (Å²) in [7, 11) is 0. The van der Waals surface area contributed by atoms with E-state index >= 15 is 0 Å². The molecule has 0 heterocycles. The highest BCUT2D eigenvalue weighted by molar-refractivity contribution is 5.81. The molecular formula is C13H24O. The number of Topliss-reactive ketones (excluding diaryl/α,β-unsaturated/α-hetero) is 1. The molecule has 0 spiro atoms. The van der Waals surface area contributed by atoms with Gasteiger partial charge >= 0.3 is 0 Å². The monoisotopic (exact) mass is 196 g/mol. The van der Waals surface area contributed by atoms with Crippen LogP contribution in [0.5, 0.6) is 0 Å². The zero-order valence-corrected chi connectivity index (χ0v) is 9.72. The fraction of sp³-hybridized carbons (Fsp3) is 0.923. The molecule has 0 aliphatic heterocycles. The summed E-state index contributed by atoms with van der Waals surface area (Å²) in [5, 5.41) is 0. The van der Waals surface area contributed by atoms with E-state index in [1.165, 1.54) is 38.5 Å². The maximum atomic E-state index is 11.8. The van der Waals surface area contributed by atoms with Gasteiger partial charge in [-0.1, -0.05) is 39.5 Å². The van der Waals surface area contributed by atoms with E-state index in [4.69, 9.17) is 0 Å². The van der Waals surface area contributed by atoms with Crippen LogP contribution < -0.4 is 0 Å². The van der Waals surface area contributed by atoms with Gasteiger partial charge in [0.25, 0.3) is 0 Å². The summed E-state index contributed by atoms with van der Waals surface area (Å²) in [4.78, 5) is 11.8. The average Bonchev–Trinajstić information content (AvgIpc) is 2.72. The first-order valence-corrected chi connectivity index (χ1v) is 6.30. The van der Waals surface area contributed by atoms with E-state index in [-0.39, 0.29) is 0 Å². The van der Waals surface area contributed by atoms with Crippen molar-refractivity contribution in [3.8, 4) is 0 Å². The first-order chi connectivity index (χ1) is 6.77. The molecule has 0 aromatic heterocycles. The number of ketones is 1. The molecule has 0 aromatic rings. The first kappa shape index (κ1) is 11.7. The van der Waals surface area contributed by atoms with Gasteiger partial charge in [-0.25, -0.2) is 0 Å². The molecule has 1 nitrogen and oxygen atoms in total. The lowest BCUT2D eigenvalue weighted by molar-refractivity contribution is -0.123. The molecule has 1 fully saturated rings. The minimum absolute atomic E-state index is 0.435. The number of hydrogen-bond donors (Lipinski definition) is 0. The van der Waals surface area contributed by atoms with Crippen molar-refractivity contribution in [2.24, 2.45) is 11.8 Å². The molecule has 1 aliphatic carbocycles. The van der Waals surface area contributed by atoms with E-state index in [9.17, 15) is 4.79 Å². The summed E-state index contributed by atoms with van der Waals surface area (Å²) >= 11 is 0. The largest absolute Gasteiger partial charge is 0.299 e. The fourth-order valence-electron chi connectivity index (χ4n) is 2.50. The third-order valence-electron chi connectivity index (χ3n) is 3.76. The molecule has 1 saturated carbocycles. The van der Waals surface area contributed by atoms with Gasteiger partial charge in [0, 0.05) is 12.3 Å². The third kappa shape index (κ3) is 3.43. The van der Waals surface area contributed by atoms with Crippen LogP contribution in [-0.4, -0.2) is 5.78 Å². The van der Waals surface area contributed by atoms with Gasteiger partial charge in [0.15, 0.2) is 0 Å². The second-order valence-corrected chi connectivity index (χ2v) is 4.67. The number of rotatable bonds is 6. The van der Waals surface area contributed by atoms with E-state index in [0.29, 0.717) is 11.7 Å². The van der Waals surface area contributed by atoms with E-state index in [0.717, 1.165) is 18.8 Å². The lowest BCUT2D eigenvalue weighted by atomic mass is 9.92. The second kappa shape index (κ2) is 6.21. The van der Waals surface area contributed by atoms with E-state index in [1.807, 2.05) is 0 Å². The molecule has 82 valence electrons. The smallest absolute Gasteiger partial charge is 0.135 e. The van der Waals surface area contributed by atoms with Gasteiger partial charge < -0.3 is 0 Å². The molecule has 0 unspecified atom stereocenters. The van der Waals surface area contributed by atoms with Crippen molar-refractivity contribution in [1.29, 1.82) is 0 Å². The Hall–Kier alpha value is -0.330. The minimum Gasteiger partial charge on any atom is -0.299 e. The lowest BCUT2D eigenvalue weighted by Gasteiger charge is -2.13. The Morgan fingerprint density at radius 2 is 1.79 bits per heavy atom. The predicted molar refractivity (Wildman–Crippen MR) is 60.3 cm³/mol. The van der Waals surface area contributed by atoms with Crippen LogP contribution in [0.1, 0.15) is 65.2 Å². The normalized spacial score (nSPS) is 17.9. The summed E-state index contributed by atoms with van der Waals surface area (Å²) in [5.74, 6) is 1.76. The quantitative estimate of drug-likeness (QED) is 0.628. The Morgan fingerprint density at radius 1 is 1.21 bits per heavy atom. The Bertz CT molecular complexity index is 164. The SMILES string of the molecule is CCC(CC)CCC(=O)C1CCCC1. The van der Waals surface area contributed by atoms with Crippen molar-refractivity contribution in [2.45, 2.75) is 65.2 Å². The van der Waals surface area contributed by atoms with Crippen molar-refractivity contribution in [3.63, 3.8) is 0 Å². The van der Waals surface area contributed by atoms with Crippen molar-refractivity contribution in [1.82, 2.24) is 0 Å². The van der Waals surface area contributed by atoms with E-state index in [2.05, 4.69) is 13.8 Å². The maximum Gasteiger partial charge on any atom is 0.135 e. The molecule has 0 saturated heterocycles. The molecule has 1 heteroatoms. The number of carbonyl (C=O) groups is 1. The molecule has 0 bridgehead atoms. The highest BCUT2D eigenvalue weighted by Gasteiger charge is 2.22. The zero-order chi connectivity index (χ0) is 10.4. The Kier molecular flexibility index (Phi) is 5.21. The van der Waals surface area contributed by atoms with E-state index in [1.54, 1.807) is 0 Å². The topological polar surface area (TPSA) is 17.1 Å². The van der Waals surface area contributed by atoms with Crippen molar-refractivity contribution >= 4 is 5.78 Å². The summed E-state index contributed by atoms with van der Waals surface area (Å²) in [6, 6.07) is 0. The van der Waals surface area contributed by atoms with Crippen LogP contribution in [-0.2, 0) is 4.79 Å². The van der Waals surface area contributed by atoms with Gasteiger partial charge in [-0.05, 0) is 25.2 Å². The van der Waals surface area contributed by atoms with Crippen LogP contribution in [0.3, 0.4) is 0 Å². The summed E-state index contributed by atoms with van der Waals surface area (Å²) in [6.07, 6.45) is 9.33. The standard InChI is InChI=1S/C13H24O/c1-3-11(4-2)9-10-13(14)12-7-5-6-8-12/h11-12H,3-10H2,1-2H3. The Balaban J connectivity index is 2.19. The van der Waals surface area contributed by atoms with Crippen LogP contribution in [0.4, 0.5) is 0 Å². The molecule has 14 heavy (non-hydrogen) atoms. The summed E-state index contributed by atoms with van der Waals surface area (Å²) < 4.78 is 0. The summed E-state index contributed by atoms with van der Waals surface area (Å²) in [6.45, 7) is 4.46. The predicted octanol–water partition coefficient (Wildman–Crippen LogP) is 3.96. The van der Waals surface area contributed by atoms with Crippen LogP contribution >= 0.6 is 0 Å². The van der Waals surface area contributed by atoms with E-state index < -0.39 is 0 Å². The molecular weight excluding hydrogens is 172 g/mol. The molecule has 0 aromatic carbocycles. The highest BCUT2D eigenvalue weighted by Crippen LogP contribution is 2.27. The van der Waals surface area contributed by atoms with Gasteiger partial charge in [0.05, 0.1) is 0 Å². The zero-order valence-electron chi connectivity index (χ0n) is 9.72. The van der Waals surface area contributed by atoms with Crippen LogP contribution in [0.25, 0.3) is 0 Å². The fourth-order valence-corrected chi connectivity index (χ4v) is 2.50. The molecule has 1 aliphatic rings. The van der Waals surface area contributed by atoms with Crippen molar-refractivity contribution in [2.75, 3.05) is 0 Å². The van der Waals surface area contributed by atoms with Crippen LogP contribution in [0.2, 0.25) is 0 Å². The van der Waals surface area contributed by atoms with Gasteiger partial charge in [-0.2, -0.15) is 0 Å². The van der Waals surface area contributed by atoms with Gasteiger partial charge in [-0.15, -0.1) is 0 Å². The highest BCUT2D eigenvalue weighted by atomic mass is 16.1. The third-order valence-corrected chi connectivity index (χ3v) is 3.76. The van der Waals surface area contributed by atoms with Gasteiger partial charge in [0.1, 0.15) is 5.78 Å². The maximum absolute atomic E-state index is 11.8. The van der Waals surface area contributed by atoms with Gasteiger partial charge in [0.2, 0.25) is 0 Å². The van der Waals surface area contributed by atoms with Crippen molar-refractivity contribution < 1.29 is 4.79 Å². The summed E-state index contributed by atoms with van der Waals surface area (Å²) in [5.41, 5.74) is 0. The Morgan fingerprint density at radius 3 is 2.29 bits per heavy atom. The minimum atomic E-state index is 0.435. The van der Waals surface area contributed by atoms with Crippen molar-refractivity contribution in [3.05, 3.63) is 0 Å². The molecule has 0 N–H and O–H groups in total. The first-order valence-electron chi connectivity index (χ1n) is 6.30. The molecule has 1 rings (SSSR count). The second-order valence-electron chi connectivity index (χ2n) is 4.67. The molecule has 0 amide bonds. The molecule has 0 radical (unpaired) electrons. The van der Waals surface area contributed by atoms with Gasteiger partial charge in [-0.3, -0.25) is 4.79 Å². The number of hydrogen-bond acceptors (Lipinski definition) is 1. The lowest BCUT2D eigenvalue weighted by Crippen LogP contribution is -2.12. The Labute approximate surface area is 88.3 Å². The number of carbonyl (C=O) groups excluding carboxylic acids is 1. The molecule has 0 atom stereocenters. The van der Waals surface area contributed by atoms with Crippen LogP contribution in [0.15, 0.2) is 0 Å². The average molecular weight is 196 g/mol.